The van der Waals surface area contributed by atoms with Crippen molar-refractivity contribution in [2.45, 2.75) is 11.8 Å². The van der Waals surface area contributed by atoms with E-state index in [-0.39, 0.29) is 10.5 Å². The highest BCUT2D eigenvalue weighted by Crippen LogP contribution is 2.27. The molecule has 2 aromatic rings. The van der Waals surface area contributed by atoms with E-state index in [1.165, 1.54) is 56.0 Å². The molecule has 0 spiro atoms. The number of hydroxylamine groups is 1. The standard InChI is InChI=1S/C16H18N2O5S/c1-11-4-9-14(10-15(11)23-3)24(21,22)18(2)13-7-5-12(6-8-13)16(19)17-20/h4-10,20H,1-3H3,(H,17,19). The Hall–Kier alpha value is -2.58. The molecule has 0 unspecified atom stereocenters. The fourth-order valence-corrected chi connectivity index (χ4v) is 3.36. The first kappa shape index (κ1) is 17.8. The van der Waals surface area contributed by atoms with Gasteiger partial charge in [-0.3, -0.25) is 14.3 Å². The van der Waals surface area contributed by atoms with Gasteiger partial charge in [0.05, 0.1) is 17.7 Å². The molecule has 0 radical (unpaired) electrons. The Kier molecular flexibility index (Phi) is 5.10. The maximum absolute atomic E-state index is 12.7. The van der Waals surface area contributed by atoms with Crippen LogP contribution in [0.3, 0.4) is 0 Å². The summed E-state index contributed by atoms with van der Waals surface area (Å²) in [5.41, 5.74) is 2.94. The van der Waals surface area contributed by atoms with Gasteiger partial charge in [0.1, 0.15) is 5.75 Å². The number of hydrogen-bond donors (Lipinski definition) is 2. The first-order valence-corrected chi connectivity index (χ1v) is 8.43. The Morgan fingerprint density at radius 3 is 2.33 bits per heavy atom. The number of nitrogens with one attached hydrogen (secondary N) is 1. The van der Waals surface area contributed by atoms with Crippen LogP contribution in [0.1, 0.15) is 15.9 Å². The Balaban J connectivity index is 2.37. The van der Waals surface area contributed by atoms with E-state index in [4.69, 9.17) is 9.94 Å². The van der Waals surface area contributed by atoms with Crippen LogP contribution >= 0.6 is 0 Å². The maximum Gasteiger partial charge on any atom is 0.274 e. The number of amides is 1. The van der Waals surface area contributed by atoms with Crippen molar-refractivity contribution in [3.05, 3.63) is 53.6 Å². The van der Waals surface area contributed by atoms with Crippen molar-refractivity contribution in [3.63, 3.8) is 0 Å². The van der Waals surface area contributed by atoms with Gasteiger partial charge in [0.2, 0.25) is 0 Å². The van der Waals surface area contributed by atoms with E-state index in [0.717, 1.165) is 9.87 Å². The highest BCUT2D eigenvalue weighted by atomic mass is 32.2. The van der Waals surface area contributed by atoms with Crippen molar-refractivity contribution in [2.24, 2.45) is 0 Å². The van der Waals surface area contributed by atoms with Crippen LogP contribution in [-0.4, -0.2) is 33.7 Å². The predicted molar refractivity (Wildman–Crippen MR) is 89.0 cm³/mol. The van der Waals surface area contributed by atoms with Crippen LogP contribution in [0.4, 0.5) is 5.69 Å². The molecule has 8 heteroatoms. The van der Waals surface area contributed by atoms with Gasteiger partial charge in [0.25, 0.3) is 15.9 Å². The molecule has 0 saturated heterocycles. The van der Waals surface area contributed by atoms with Gasteiger partial charge < -0.3 is 4.74 Å². The van der Waals surface area contributed by atoms with E-state index in [1.807, 2.05) is 6.92 Å². The molecule has 0 atom stereocenters. The quantitative estimate of drug-likeness (QED) is 0.635. The molecule has 7 nitrogen and oxygen atoms in total. The summed E-state index contributed by atoms with van der Waals surface area (Å²) >= 11 is 0. The average Bonchev–Trinajstić information content (AvgIpc) is 2.60. The lowest BCUT2D eigenvalue weighted by molar-refractivity contribution is 0.0706. The molecular weight excluding hydrogens is 332 g/mol. The molecule has 0 saturated carbocycles. The number of ether oxygens (including phenoxy) is 1. The van der Waals surface area contributed by atoms with E-state index < -0.39 is 15.9 Å². The Bertz CT molecular complexity index is 847. The minimum atomic E-state index is -3.78. The van der Waals surface area contributed by atoms with E-state index >= 15 is 0 Å². The van der Waals surface area contributed by atoms with Crippen molar-refractivity contribution in [3.8, 4) is 5.75 Å². The fourth-order valence-electron chi connectivity index (χ4n) is 2.14. The summed E-state index contributed by atoms with van der Waals surface area (Å²) in [6.07, 6.45) is 0. The number of hydrogen-bond acceptors (Lipinski definition) is 5. The summed E-state index contributed by atoms with van der Waals surface area (Å²) in [4.78, 5) is 11.4. The van der Waals surface area contributed by atoms with Gasteiger partial charge >= 0.3 is 0 Å². The molecule has 24 heavy (non-hydrogen) atoms. The van der Waals surface area contributed by atoms with E-state index in [2.05, 4.69) is 0 Å². The average molecular weight is 350 g/mol. The number of carbonyl (C=O) groups excluding carboxylic acids is 1. The highest BCUT2D eigenvalue weighted by Gasteiger charge is 2.22. The molecule has 0 fully saturated rings. The van der Waals surface area contributed by atoms with Crippen molar-refractivity contribution in [1.82, 2.24) is 5.48 Å². The zero-order valence-corrected chi connectivity index (χ0v) is 14.3. The maximum atomic E-state index is 12.7. The third kappa shape index (κ3) is 3.34. The topological polar surface area (TPSA) is 95.9 Å². The predicted octanol–water partition coefficient (Wildman–Crippen LogP) is 1.95. The zero-order chi connectivity index (χ0) is 17.9. The molecule has 2 rings (SSSR count). The normalized spacial score (nSPS) is 11.0. The Labute approximate surface area is 140 Å². The second-order valence-electron chi connectivity index (χ2n) is 5.09. The summed E-state index contributed by atoms with van der Waals surface area (Å²) in [6, 6.07) is 10.5. The molecule has 2 N–H and O–H groups in total. The number of carbonyl (C=O) groups is 1. The lowest BCUT2D eigenvalue weighted by atomic mass is 10.2. The number of nitrogens with zero attached hydrogens (tertiary/aromatic N) is 1. The lowest BCUT2D eigenvalue weighted by Crippen LogP contribution is -2.26. The van der Waals surface area contributed by atoms with Crippen molar-refractivity contribution in [2.75, 3.05) is 18.5 Å². The number of aryl methyl sites for hydroxylation is 1. The molecule has 0 aliphatic rings. The van der Waals surface area contributed by atoms with Gasteiger partial charge in [-0.2, -0.15) is 0 Å². The molecule has 0 aromatic heterocycles. The Morgan fingerprint density at radius 1 is 1.17 bits per heavy atom. The van der Waals surface area contributed by atoms with Crippen LogP contribution < -0.4 is 14.5 Å². The molecule has 0 aliphatic carbocycles. The first-order valence-electron chi connectivity index (χ1n) is 6.99. The molecule has 0 aliphatic heterocycles. The van der Waals surface area contributed by atoms with Gasteiger partial charge in [-0.1, -0.05) is 6.07 Å². The van der Waals surface area contributed by atoms with Crippen LogP contribution in [0.2, 0.25) is 0 Å². The molecule has 2 aromatic carbocycles. The summed E-state index contributed by atoms with van der Waals surface area (Å²) in [5, 5.41) is 8.60. The molecular formula is C16H18N2O5S. The molecule has 0 heterocycles. The van der Waals surface area contributed by atoms with Crippen LogP contribution in [0.5, 0.6) is 5.75 Å². The SMILES string of the molecule is COc1cc(S(=O)(=O)N(C)c2ccc(C(=O)NO)cc2)ccc1C. The fraction of sp³-hybridized carbons (Fsp3) is 0.188. The van der Waals surface area contributed by atoms with Crippen molar-refractivity contribution < 1.29 is 23.2 Å². The third-order valence-electron chi connectivity index (χ3n) is 3.63. The molecule has 128 valence electrons. The highest BCUT2D eigenvalue weighted by molar-refractivity contribution is 7.92. The number of sulfonamides is 1. The summed E-state index contributed by atoms with van der Waals surface area (Å²) in [7, 11) is -0.878. The van der Waals surface area contributed by atoms with Gasteiger partial charge in [0, 0.05) is 18.7 Å². The second-order valence-corrected chi connectivity index (χ2v) is 7.06. The summed E-state index contributed by atoms with van der Waals surface area (Å²) < 4.78 is 31.8. The largest absolute Gasteiger partial charge is 0.496 e. The summed E-state index contributed by atoms with van der Waals surface area (Å²) in [5.74, 6) is -0.185. The van der Waals surface area contributed by atoms with Crippen molar-refractivity contribution >= 4 is 21.6 Å². The van der Waals surface area contributed by atoms with Gasteiger partial charge in [-0.15, -0.1) is 0 Å². The molecule has 1 amide bonds. The van der Waals surface area contributed by atoms with E-state index in [0.29, 0.717) is 11.4 Å². The van der Waals surface area contributed by atoms with E-state index in [1.54, 1.807) is 6.07 Å². The summed E-state index contributed by atoms with van der Waals surface area (Å²) in [6.45, 7) is 1.82. The van der Waals surface area contributed by atoms with Crippen LogP contribution in [0.15, 0.2) is 47.4 Å². The van der Waals surface area contributed by atoms with Gasteiger partial charge in [-0.05, 0) is 42.8 Å². The number of rotatable bonds is 5. The van der Waals surface area contributed by atoms with Crippen LogP contribution in [0, 0.1) is 6.92 Å². The van der Waals surface area contributed by atoms with E-state index in [9.17, 15) is 13.2 Å². The minimum absolute atomic E-state index is 0.102. The van der Waals surface area contributed by atoms with Crippen LogP contribution in [0.25, 0.3) is 0 Å². The van der Waals surface area contributed by atoms with Gasteiger partial charge in [0.15, 0.2) is 0 Å². The van der Waals surface area contributed by atoms with Gasteiger partial charge in [-0.25, -0.2) is 13.9 Å². The first-order chi connectivity index (χ1) is 11.3. The zero-order valence-electron chi connectivity index (χ0n) is 13.5. The number of methoxy groups -OCH3 is 1. The third-order valence-corrected chi connectivity index (χ3v) is 5.41. The number of benzene rings is 2. The smallest absolute Gasteiger partial charge is 0.274 e. The van der Waals surface area contributed by atoms with Crippen LogP contribution in [-0.2, 0) is 10.0 Å². The minimum Gasteiger partial charge on any atom is -0.496 e. The monoisotopic (exact) mass is 350 g/mol. The molecule has 0 bridgehead atoms. The lowest BCUT2D eigenvalue weighted by Gasteiger charge is -2.20. The second kappa shape index (κ2) is 6.90. The number of anilines is 1. The van der Waals surface area contributed by atoms with Crippen molar-refractivity contribution in [1.29, 1.82) is 0 Å². The Morgan fingerprint density at radius 2 is 1.79 bits per heavy atom.